The van der Waals surface area contributed by atoms with Crippen LogP contribution < -0.4 is 11.1 Å². The number of nitrogens with two attached hydrogens (primary N) is 1. The SMILES string of the molecule is CC(Nc1c(N)cnc2ccccc12)c1ncc[nH]1. The summed E-state index contributed by atoms with van der Waals surface area (Å²) in [6.07, 6.45) is 5.22. The van der Waals surface area contributed by atoms with Crippen LogP contribution in [0.15, 0.2) is 42.9 Å². The number of pyridine rings is 1. The van der Waals surface area contributed by atoms with Crippen molar-refractivity contribution in [1.29, 1.82) is 0 Å². The molecular weight excluding hydrogens is 238 g/mol. The van der Waals surface area contributed by atoms with Crippen LogP contribution in [0.1, 0.15) is 18.8 Å². The molecule has 96 valence electrons. The number of nitrogens with zero attached hydrogens (tertiary/aromatic N) is 2. The predicted molar refractivity (Wildman–Crippen MR) is 76.8 cm³/mol. The number of aromatic nitrogens is 3. The first-order valence-electron chi connectivity index (χ1n) is 6.15. The molecule has 2 aromatic heterocycles. The van der Waals surface area contributed by atoms with Gasteiger partial charge in [0.25, 0.3) is 0 Å². The smallest absolute Gasteiger partial charge is 0.128 e. The van der Waals surface area contributed by atoms with Crippen LogP contribution in [0, 0.1) is 0 Å². The van der Waals surface area contributed by atoms with Crippen LogP contribution in [-0.2, 0) is 0 Å². The van der Waals surface area contributed by atoms with Crippen molar-refractivity contribution in [1.82, 2.24) is 15.0 Å². The molecule has 1 aromatic carbocycles. The standard InChI is InChI=1S/C14H15N5/c1-9(14-16-6-7-17-14)19-13-10-4-2-3-5-12(10)18-8-11(13)15/h2-9H,15H2,1H3,(H,16,17)(H,18,19). The van der Waals surface area contributed by atoms with Crippen molar-refractivity contribution in [2.45, 2.75) is 13.0 Å². The van der Waals surface area contributed by atoms with E-state index in [-0.39, 0.29) is 6.04 Å². The van der Waals surface area contributed by atoms with E-state index in [1.807, 2.05) is 37.4 Å². The van der Waals surface area contributed by atoms with E-state index in [2.05, 4.69) is 20.3 Å². The third-order valence-electron chi connectivity index (χ3n) is 3.10. The second kappa shape index (κ2) is 4.61. The molecule has 0 spiro atoms. The van der Waals surface area contributed by atoms with E-state index in [0.717, 1.165) is 22.4 Å². The number of nitrogens with one attached hydrogen (secondary N) is 2. The molecule has 0 aliphatic carbocycles. The van der Waals surface area contributed by atoms with Crippen LogP contribution in [0.2, 0.25) is 0 Å². The number of fused-ring (bicyclic) bond motifs is 1. The van der Waals surface area contributed by atoms with Crippen LogP contribution in [0.3, 0.4) is 0 Å². The number of hydrogen-bond donors (Lipinski definition) is 3. The van der Waals surface area contributed by atoms with E-state index in [0.29, 0.717) is 5.69 Å². The van der Waals surface area contributed by atoms with Crippen LogP contribution in [-0.4, -0.2) is 15.0 Å². The summed E-state index contributed by atoms with van der Waals surface area (Å²) in [4.78, 5) is 11.7. The molecule has 1 atom stereocenters. The summed E-state index contributed by atoms with van der Waals surface area (Å²) in [6, 6.07) is 7.97. The van der Waals surface area contributed by atoms with Crippen LogP contribution >= 0.6 is 0 Å². The van der Waals surface area contributed by atoms with Gasteiger partial charge in [-0.05, 0) is 13.0 Å². The molecule has 0 aliphatic heterocycles. The summed E-state index contributed by atoms with van der Waals surface area (Å²) in [5.74, 6) is 0.875. The Morgan fingerprint density at radius 2 is 2.11 bits per heavy atom. The van der Waals surface area contributed by atoms with Crippen LogP contribution in [0.4, 0.5) is 11.4 Å². The minimum Gasteiger partial charge on any atom is -0.396 e. The molecule has 5 nitrogen and oxygen atoms in total. The first-order chi connectivity index (χ1) is 9.25. The maximum Gasteiger partial charge on any atom is 0.128 e. The van der Waals surface area contributed by atoms with E-state index in [1.54, 1.807) is 12.4 Å². The van der Waals surface area contributed by atoms with Crippen molar-refractivity contribution in [2.75, 3.05) is 11.1 Å². The number of nitrogen functional groups attached to an aromatic ring is 1. The lowest BCUT2D eigenvalue weighted by Gasteiger charge is -2.16. The Hall–Kier alpha value is -2.56. The molecule has 3 rings (SSSR count). The van der Waals surface area contributed by atoms with E-state index in [9.17, 15) is 0 Å². The van der Waals surface area contributed by atoms with Gasteiger partial charge in [0, 0.05) is 17.8 Å². The maximum absolute atomic E-state index is 6.03. The first kappa shape index (κ1) is 11.5. The van der Waals surface area contributed by atoms with Gasteiger partial charge in [-0.2, -0.15) is 0 Å². The second-order valence-corrected chi connectivity index (χ2v) is 4.45. The van der Waals surface area contributed by atoms with Gasteiger partial charge in [0.15, 0.2) is 0 Å². The molecule has 1 unspecified atom stereocenters. The average Bonchev–Trinajstić information content (AvgIpc) is 2.96. The maximum atomic E-state index is 6.03. The Morgan fingerprint density at radius 3 is 2.89 bits per heavy atom. The van der Waals surface area contributed by atoms with Gasteiger partial charge in [0.05, 0.1) is 29.1 Å². The third-order valence-corrected chi connectivity index (χ3v) is 3.10. The molecule has 0 radical (unpaired) electrons. The van der Waals surface area contributed by atoms with Gasteiger partial charge in [-0.1, -0.05) is 18.2 Å². The number of para-hydroxylation sites is 1. The minimum atomic E-state index is 0.0445. The molecule has 2 heterocycles. The first-order valence-corrected chi connectivity index (χ1v) is 6.15. The summed E-state index contributed by atoms with van der Waals surface area (Å²) in [5, 5.41) is 4.41. The van der Waals surface area contributed by atoms with Gasteiger partial charge in [0.2, 0.25) is 0 Å². The molecule has 5 heteroatoms. The summed E-state index contributed by atoms with van der Waals surface area (Å²) in [5.41, 5.74) is 8.49. The minimum absolute atomic E-state index is 0.0445. The summed E-state index contributed by atoms with van der Waals surface area (Å²) < 4.78 is 0. The zero-order valence-corrected chi connectivity index (χ0v) is 10.6. The molecule has 4 N–H and O–H groups in total. The molecule has 0 saturated heterocycles. The number of rotatable bonds is 3. The van der Waals surface area contributed by atoms with E-state index < -0.39 is 0 Å². The summed E-state index contributed by atoms with van der Waals surface area (Å²) in [7, 11) is 0. The van der Waals surface area contributed by atoms with Gasteiger partial charge in [-0.25, -0.2) is 4.98 Å². The Labute approximate surface area is 110 Å². The Balaban J connectivity index is 2.02. The Kier molecular flexibility index (Phi) is 2.79. The molecule has 0 aliphatic rings. The lowest BCUT2D eigenvalue weighted by molar-refractivity contribution is 0.812. The van der Waals surface area contributed by atoms with Crippen LogP contribution in [0.5, 0.6) is 0 Å². The van der Waals surface area contributed by atoms with Gasteiger partial charge >= 0.3 is 0 Å². The molecule has 0 bridgehead atoms. The van der Waals surface area contributed by atoms with Gasteiger partial charge < -0.3 is 16.0 Å². The molecule has 3 aromatic rings. The highest BCUT2D eigenvalue weighted by Gasteiger charge is 2.12. The average molecular weight is 253 g/mol. The van der Waals surface area contributed by atoms with Gasteiger partial charge in [-0.3, -0.25) is 4.98 Å². The van der Waals surface area contributed by atoms with Crippen molar-refractivity contribution in [3.63, 3.8) is 0 Å². The number of anilines is 2. The normalized spacial score (nSPS) is 12.5. The fourth-order valence-corrected chi connectivity index (χ4v) is 2.12. The zero-order valence-electron chi connectivity index (χ0n) is 10.6. The van der Waals surface area contributed by atoms with Crippen molar-refractivity contribution >= 4 is 22.3 Å². The predicted octanol–water partition coefficient (Wildman–Crippen LogP) is 2.71. The van der Waals surface area contributed by atoms with Crippen LogP contribution in [0.25, 0.3) is 10.9 Å². The number of H-pyrrole nitrogens is 1. The number of imidazole rings is 1. The van der Waals surface area contributed by atoms with Crippen molar-refractivity contribution < 1.29 is 0 Å². The molecule has 0 fully saturated rings. The largest absolute Gasteiger partial charge is 0.396 e. The van der Waals surface area contributed by atoms with Crippen molar-refractivity contribution in [3.8, 4) is 0 Å². The topological polar surface area (TPSA) is 79.6 Å². The summed E-state index contributed by atoms with van der Waals surface area (Å²) >= 11 is 0. The highest BCUT2D eigenvalue weighted by Crippen LogP contribution is 2.30. The Morgan fingerprint density at radius 1 is 1.26 bits per heavy atom. The zero-order chi connectivity index (χ0) is 13.2. The lowest BCUT2D eigenvalue weighted by atomic mass is 10.1. The number of aromatic amines is 1. The third kappa shape index (κ3) is 2.10. The Bertz CT molecular complexity index is 690. The van der Waals surface area contributed by atoms with E-state index in [1.165, 1.54) is 0 Å². The monoisotopic (exact) mass is 253 g/mol. The summed E-state index contributed by atoms with van der Waals surface area (Å²) in [6.45, 7) is 2.04. The molecular formula is C14H15N5. The quantitative estimate of drug-likeness (QED) is 0.670. The van der Waals surface area contributed by atoms with E-state index in [4.69, 9.17) is 5.73 Å². The highest BCUT2D eigenvalue weighted by atomic mass is 15.0. The molecule has 0 amide bonds. The fourth-order valence-electron chi connectivity index (χ4n) is 2.12. The second-order valence-electron chi connectivity index (χ2n) is 4.45. The van der Waals surface area contributed by atoms with Crippen molar-refractivity contribution in [2.24, 2.45) is 0 Å². The lowest BCUT2D eigenvalue weighted by Crippen LogP contribution is -2.10. The van der Waals surface area contributed by atoms with Crippen molar-refractivity contribution in [3.05, 3.63) is 48.7 Å². The van der Waals surface area contributed by atoms with Gasteiger partial charge in [-0.15, -0.1) is 0 Å². The molecule has 19 heavy (non-hydrogen) atoms. The van der Waals surface area contributed by atoms with Gasteiger partial charge in [0.1, 0.15) is 5.82 Å². The van der Waals surface area contributed by atoms with E-state index >= 15 is 0 Å². The molecule has 0 saturated carbocycles. The number of benzene rings is 1. The highest BCUT2D eigenvalue weighted by molar-refractivity contribution is 5.96. The fraction of sp³-hybridized carbons (Fsp3) is 0.143. The number of hydrogen-bond acceptors (Lipinski definition) is 4.